The lowest BCUT2D eigenvalue weighted by molar-refractivity contribution is 0.436. The summed E-state index contributed by atoms with van der Waals surface area (Å²) >= 11 is 11.4. The predicted octanol–water partition coefficient (Wildman–Crippen LogP) is 4.76. The van der Waals surface area contributed by atoms with Crippen molar-refractivity contribution in [3.05, 3.63) is 65.2 Å². The first kappa shape index (κ1) is 14.6. The maximum atomic E-state index is 5.69. The molecule has 0 aliphatic heterocycles. The molecule has 1 heterocycles. The van der Waals surface area contributed by atoms with E-state index in [0.717, 1.165) is 5.75 Å². The molecule has 0 spiro atoms. The van der Waals surface area contributed by atoms with Gasteiger partial charge in [0.1, 0.15) is 17.2 Å². The largest absolute Gasteiger partial charge is 0.457 e. The first-order valence-corrected chi connectivity index (χ1v) is 7.02. The zero-order valence-electron chi connectivity index (χ0n) is 11.1. The van der Waals surface area contributed by atoms with E-state index in [1.54, 1.807) is 24.3 Å². The van der Waals surface area contributed by atoms with Gasteiger partial charge >= 0.3 is 6.01 Å². The minimum atomic E-state index is -0.0287. The molecule has 0 aliphatic rings. The van der Waals surface area contributed by atoms with Gasteiger partial charge < -0.3 is 9.47 Å². The smallest absolute Gasteiger partial charge is 0.327 e. The van der Waals surface area contributed by atoms with Gasteiger partial charge in [-0.05, 0) is 59.6 Å². The van der Waals surface area contributed by atoms with Crippen molar-refractivity contribution in [2.75, 3.05) is 0 Å². The van der Waals surface area contributed by atoms with Crippen LogP contribution in [-0.2, 0) is 0 Å². The van der Waals surface area contributed by atoms with E-state index in [1.165, 1.54) is 0 Å². The van der Waals surface area contributed by atoms with Crippen LogP contribution in [0.25, 0.3) is 0 Å². The summed E-state index contributed by atoms with van der Waals surface area (Å²) in [6.45, 7) is 0. The topological polar surface area (TPSA) is 57.1 Å². The molecule has 110 valence electrons. The van der Waals surface area contributed by atoms with E-state index in [-0.39, 0.29) is 16.6 Å². The number of para-hydroxylation sites is 1. The Hall–Kier alpha value is -2.37. The average Bonchev–Trinajstić information content (AvgIpc) is 2.49. The van der Waals surface area contributed by atoms with Gasteiger partial charge in [-0.2, -0.15) is 15.0 Å². The maximum Gasteiger partial charge on any atom is 0.327 e. The summed E-state index contributed by atoms with van der Waals surface area (Å²) in [4.78, 5) is 11.3. The van der Waals surface area contributed by atoms with Gasteiger partial charge in [0.05, 0.1) is 0 Å². The Morgan fingerprint density at radius 2 is 1.09 bits per heavy atom. The predicted molar refractivity (Wildman–Crippen MR) is 82.9 cm³/mol. The first-order chi connectivity index (χ1) is 10.7. The summed E-state index contributed by atoms with van der Waals surface area (Å²) < 4.78 is 11.1. The van der Waals surface area contributed by atoms with E-state index in [9.17, 15) is 0 Å². The zero-order valence-corrected chi connectivity index (χ0v) is 12.6. The molecule has 7 heteroatoms. The van der Waals surface area contributed by atoms with Crippen LogP contribution in [0.3, 0.4) is 0 Å². The lowest BCUT2D eigenvalue weighted by Gasteiger charge is -2.07. The van der Waals surface area contributed by atoms with Crippen molar-refractivity contribution in [3.8, 4) is 23.3 Å². The molecule has 0 radical (unpaired) electrons. The van der Waals surface area contributed by atoms with Crippen LogP contribution in [0.4, 0.5) is 0 Å². The number of halogens is 2. The number of rotatable bonds is 4. The number of aromatic nitrogens is 3. The highest BCUT2D eigenvalue weighted by Crippen LogP contribution is 2.25. The molecule has 0 fully saturated rings. The van der Waals surface area contributed by atoms with Gasteiger partial charge in [-0.15, -0.1) is 0 Å². The minimum Gasteiger partial charge on any atom is -0.457 e. The van der Waals surface area contributed by atoms with Crippen LogP contribution in [0.5, 0.6) is 23.3 Å². The van der Waals surface area contributed by atoms with Gasteiger partial charge in [0.2, 0.25) is 10.6 Å². The van der Waals surface area contributed by atoms with E-state index in [1.807, 2.05) is 30.3 Å². The molecule has 22 heavy (non-hydrogen) atoms. The van der Waals surface area contributed by atoms with Crippen LogP contribution in [0.1, 0.15) is 0 Å². The van der Waals surface area contributed by atoms with E-state index in [4.69, 9.17) is 32.7 Å². The molecule has 1 aromatic heterocycles. The molecule has 3 aromatic rings. The van der Waals surface area contributed by atoms with E-state index in [2.05, 4.69) is 15.0 Å². The molecular formula is C15H9Cl2N3O2. The molecule has 0 atom stereocenters. The van der Waals surface area contributed by atoms with Gasteiger partial charge in [-0.25, -0.2) is 0 Å². The third-order valence-electron chi connectivity index (χ3n) is 2.57. The van der Waals surface area contributed by atoms with E-state index >= 15 is 0 Å². The minimum absolute atomic E-state index is 0.0287. The molecule has 3 rings (SSSR count). The third-order valence-corrected chi connectivity index (χ3v) is 2.91. The Kier molecular flexibility index (Phi) is 4.37. The number of benzene rings is 2. The molecule has 0 amide bonds. The lowest BCUT2D eigenvalue weighted by Crippen LogP contribution is -1.95. The Morgan fingerprint density at radius 3 is 1.68 bits per heavy atom. The van der Waals surface area contributed by atoms with Crippen molar-refractivity contribution in [1.29, 1.82) is 0 Å². The van der Waals surface area contributed by atoms with Crippen molar-refractivity contribution in [3.63, 3.8) is 0 Å². The van der Waals surface area contributed by atoms with Gasteiger partial charge in [0, 0.05) is 0 Å². The second-order valence-corrected chi connectivity index (χ2v) is 4.82. The normalized spacial score (nSPS) is 10.3. The van der Waals surface area contributed by atoms with Crippen LogP contribution in [0, 0.1) is 0 Å². The summed E-state index contributed by atoms with van der Waals surface area (Å²) in [5.74, 6) is 1.97. The number of hydrogen-bond donors (Lipinski definition) is 0. The number of nitrogens with zero attached hydrogens (tertiary/aromatic N) is 3. The van der Waals surface area contributed by atoms with Gasteiger partial charge in [-0.1, -0.05) is 18.2 Å². The fourth-order valence-electron chi connectivity index (χ4n) is 1.66. The van der Waals surface area contributed by atoms with Crippen LogP contribution in [0.2, 0.25) is 10.6 Å². The monoisotopic (exact) mass is 333 g/mol. The molecule has 0 unspecified atom stereocenters. The maximum absolute atomic E-state index is 5.69. The zero-order chi connectivity index (χ0) is 15.4. The molecule has 2 aromatic carbocycles. The second-order valence-electron chi connectivity index (χ2n) is 4.14. The quantitative estimate of drug-likeness (QED) is 0.688. The molecular weight excluding hydrogens is 325 g/mol. The highest BCUT2D eigenvalue weighted by atomic mass is 35.5. The number of ether oxygens (including phenoxy) is 2. The van der Waals surface area contributed by atoms with Gasteiger partial charge in [0.25, 0.3) is 0 Å². The Balaban J connectivity index is 1.71. The van der Waals surface area contributed by atoms with Gasteiger partial charge in [-0.3, -0.25) is 0 Å². The summed E-state index contributed by atoms with van der Waals surface area (Å²) in [6.07, 6.45) is 0. The lowest BCUT2D eigenvalue weighted by atomic mass is 10.3. The Bertz CT molecular complexity index is 747. The standard InChI is InChI=1S/C15H9Cl2N3O2/c16-13-18-14(17)20-15(19-13)22-12-8-6-11(7-9-12)21-10-4-2-1-3-5-10/h1-9H. The summed E-state index contributed by atoms with van der Waals surface area (Å²) in [5.41, 5.74) is 0. The Morgan fingerprint density at radius 1 is 0.591 bits per heavy atom. The number of hydrogen-bond acceptors (Lipinski definition) is 5. The molecule has 5 nitrogen and oxygen atoms in total. The first-order valence-electron chi connectivity index (χ1n) is 6.27. The van der Waals surface area contributed by atoms with Crippen molar-refractivity contribution in [2.45, 2.75) is 0 Å². The van der Waals surface area contributed by atoms with Crippen molar-refractivity contribution < 1.29 is 9.47 Å². The molecule has 0 saturated carbocycles. The summed E-state index contributed by atoms with van der Waals surface area (Å²) in [6, 6.07) is 16.5. The fraction of sp³-hybridized carbons (Fsp3) is 0. The SMILES string of the molecule is Clc1nc(Cl)nc(Oc2ccc(Oc3ccccc3)cc2)n1. The third kappa shape index (κ3) is 3.84. The van der Waals surface area contributed by atoms with E-state index in [0.29, 0.717) is 11.5 Å². The Labute approximate surface area is 136 Å². The van der Waals surface area contributed by atoms with Crippen molar-refractivity contribution in [2.24, 2.45) is 0 Å². The summed E-state index contributed by atoms with van der Waals surface area (Å²) in [5, 5.41) is -0.0573. The average molecular weight is 334 g/mol. The molecule has 0 bridgehead atoms. The van der Waals surface area contributed by atoms with Crippen LogP contribution >= 0.6 is 23.2 Å². The summed E-state index contributed by atoms with van der Waals surface area (Å²) in [7, 11) is 0. The highest BCUT2D eigenvalue weighted by Gasteiger charge is 2.06. The highest BCUT2D eigenvalue weighted by molar-refractivity contribution is 6.31. The van der Waals surface area contributed by atoms with Crippen molar-refractivity contribution in [1.82, 2.24) is 15.0 Å². The van der Waals surface area contributed by atoms with Crippen molar-refractivity contribution >= 4 is 23.2 Å². The van der Waals surface area contributed by atoms with Crippen LogP contribution in [-0.4, -0.2) is 15.0 Å². The molecule has 0 saturated heterocycles. The van der Waals surface area contributed by atoms with E-state index < -0.39 is 0 Å². The molecule has 0 N–H and O–H groups in total. The molecule has 0 aliphatic carbocycles. The van der Waals surface area contributed by atoms with Gasteiger partial charge in [0.15, 0.2) is 0 Å². The fourth-order valence-corrected chi connectivity index (χ4v) is 2.01. The van der Waals surface area contributed by atoms with Crippen LogP contribution < -0.4 is 9.47 Å². The van der Waals surface area contributed by atoms with Crippen LogP contribution in [0.15, 0.2) is 54.6 Å². The second kappa shape index (κ2) is 6.60.